The van der Waals surface area contributed by atoms with Gasteiger partial charge >= 0.3 is 5.97 Å². The van der Waals surface area contributed by atoms with E-state index in [1.165, 1.54) is 6.20 Å². The van der Waals surface area contributed by atoms with Gasteiger partial charge in [0, 0.05) is 16.9 Å². The Labute approximate surface area is 134 Å². The summed E-state index contributed by atoms with van der Waals surface area (Å²) in [4.78, 5) is 20.6. The fraction of sp³-hybridized carbons (Fsp3) is 0.312. The summed E-state index contributed by atoms with van der Waals surface area (Å²) in [5, 5.41) is 3.70. The molecule has 116 valence electrons. The molecule has 0 aliphatic rings. The first-order valence-corrected chi connectivity index (χ1v) is 7.45. The third kappa shape index (κ3) is 3.95. The molecule has 0 amide bonds. The van der Waals surface area contributed by atoms with Crippen molar-refractivity contribution in [1.29, 1.82) is 0 Å². The maximum absolute atomic E-state index is 11.9. The maximum Gasteiger partial charge on any atom is 0.341 e. The van der Waals surface area contributed by atoms with E-state index in [0.29, 0.717) is 28.8 Å². The number of esters is 1. The van der Waals surface area contributed by atoms with Gasteiger partial charge in [0.25, 0.3) is 0 Å². The Bertz CT molecular complexity index is 674. The van der Waals surface area contributed by atoms with Crippen molar-refractivity contribution in [3.63, 3.8) is 0 Å². The van der Waals surface area contributed by atoms with Gasteiger partial charge < -0.3 is 10.1 Å². The van der Waals surface area contributed by atoms with Crippen molar-refractivity contribution in [2.24, 2.45) is 0 Å². The summed E-state index contributed by atoms with van der Waals surface area (Å²) in [7, 11) is 0. The van der Waals surface area contributed by atoms with Crippen LogP contribution in [0.2, 0.25) is 5.02 Å². The molecule has 1 heterocycles. The summed E-state index contributed by atoms with van der Waals surface area (Å²) in [6, 6.07) is 7.26. The number of halogens is 1. The molecule has 0 unspecified atom stereocenters. The fourth-order valence-electron chi connectivity index (χ4n) is 1.96. The van der Waals surface area contributed by atoms with E-state index in [1.54, 1.807) is 19.1 Å². The van der Waals surface area contributed by atoms with Crippen LogP contribution >= 0.6 is 11.6 Å². The van der Waals surface area contributed by atoms with Crippen molar-refractivity contribution in [2.75, 3.05) is 11.9 Å². The lowest BCUT2D eigenvalue weighted by Gasteiger charge is -2.13. The number of carbonyl (C=O) groups excluding carboxylic acids is 1. The molecule has 1 aromatic carbocycles. The van der Waals surface area contributed by atoms with Crippen LogP contribution in [0.5, 0.6) is 0 Å². The number of ether oxygens (including phenoxy) is 1. The number of nitrogens with zero attached hydrogens (tertiary/aromatic N) is 2. The van der Waals surface area contributed by atoms with Crippen molar-refractivity contribution in [3.05, 3.63) is 46.7 Å². The van der Waals surface area contributed by atoms with Gasteiger partial charge in [-0.3, -0.25) is 0 Å². The van der Waals surface area contributed by atoms with Crippen LogP contribution in [0.25, 0.3) is 0 Å². The van der Waals surface area contributed by atoms with E-state index in [1.807, 2.05) is 26.0 Å². The van der Waals surface area contributed by atoms with Crippen LogP contribution in [0, 0.1) is 0 Å². The number of nitrogens with one attached hydrogen (secondary N) is 1. The lowest BCUT2D eigenvalue weighted by molar-refractivity contribution is 0.0523. The van der Waals surface area contributed by atoms with Crippen molar-refractivity contribution in [1.82, 2.24) is 9.97 Å². The molecular formula is C16H18ClN3O2. The minimum absolute atomic E-state index is 0.0716. The van der Waals surface area contributed by atoms with Gasteiger partial charge in [-0.1, -0.05) is 31.5 Å². The first-order valence-electron chi connectivity index (χ1n) is 7.08. The quantitative estimate of drug-likeness (QED) is 0.838. The molecule has 0 aliphatic heterocycles. The molecule has 0 saturated carbocycles. The number of benzene rings is 1. The maximum atomic E-state index is 11.9. The number of hydrogen-bond acceptors (Lipinski definition) is 5. The molecule has 0 bridgehead atoms. The van der Waals surface area contributed by atoms with Gasteiger partial charge in [0.1, 0.15) is 0 Å². The summed E-state index contributed by atoms with van der Waals surface area (Å²) in [5.74, 6) is 0.0850. The average Bonchev–Trinajstić information content (AvgIpc) is 2.47. The third-order valence-corrected chi connectivity index (χ3v) is 3.18. The SMILES string of the molecule is CCOC(=O)c1cnc(Nc2cccc(Cl)c2)nc1C(C)C. The number of aromatic nitrogens is 2. The molecule has 6 heteroatoms. The van der Waals surface area contributed by atoms with Crippen molar-refractivity contribution >= 4 is 29.2 Å². The summed E-state index contributed by atoms with van der Waals surface area (Å²) in [6.07, 6.45) is 1.49. The Kier molecular flexibility index (Phi) is 5.33. The molecule has 0 atom stereocenters. The van der Waals surface area contributed by atoms with Crippen LogP contribution in [0.15, 0.2) is 30.5 Å². The third-order valence-electron chi connectivity index (χ3n) is 2.94. The minimum atomic E-state index is -0.402. The molecule has 1 N–H and O–H groups in total. The topological polar surface area (TPSA) is 64.1 Å². The Hall–Kier alpha value is -2.14. The zero-order chi connectivity index (χ0) is 16.1. The van der Waals surface area contributed by atoms with Crippen molar-refractivity contribution in [2.45, 2.75) is 26.7 Å². The molecule has 0 fully saturated rings. The van der Waals surface area contributed by atoms with E-state index in [4.69, 9.17) is 16.3 Å². The van der Waals surface area contributed by atoms with Gasteiger partial charge in [-0.25, -0.2) is 14.8 Å². The molecule has 0 saturated heterocycles. The predicted octanol–water partition coefficient (Wildman–Crippen LogP) is 4.17. The van der Waals surface area contributed by atoms with Crippen LogP contribution in [-0.4, -0.2) is 22.5 Å². The van der Waals surface area contributed by atoms with Gasteiger partial charge in [-0.2, -0.15) is 0 Å². The van der Waals surface area contributed by atoms with Gasteiger partial charge in [0.15, 0.2) is 0 Å². The average molecular weight is 320 g/mol. The summed E-state index contributed by atoms with van der Waals surface area (Å²) >= 11 is 5.95. The Morgan fingerprint density at radius 1 is 1.41 bits per heavy atom. The van der Waals surface area contributed by atoms with Crippen LogP contribution in [0.1, 0.15) is 42.7 Å². The monoisotopic (exact) mass is 319 g/mol. The molecule has 0 spiro atoms. The van der Waals surface area contributed by atoms with Gasteiger partial charge in [-0.05, 0) is 31.0 Å². The number of anilines is 2. The van der Waals surface area contributed by atoms with E-state index in [-0.39, 0.29) is 5.92 Å². The van der Waals surface area contributed by atoms with Crippen molar-refractivity contribution < 1.29 is 9.53 Å². The molecular weight excluding hydrogens is 302 g/mol. The van der Waals surface area contributed by atoms with E-state index in [9.17, 15) is 4.79 Å². The lowest BCUT2D eigenvalue weighted by atomic mass is 10.1. The number of carbonyl (C=O) groups is 1. The Morgan fingerprint density at radius 2 is 2.18 bits per heavy atom. The Balaban J connectivity index is 2.31. The van der Waals surface area contributed by atoms with Gasteiger partial charge in [0.05, 0.1) is 17.9 Å². The summed E-state index contributed by atoms with van der Waals surface area (Å²) in [5.41, 5.74) is 1.83. The molecule has 1 aromatic heterocycles. The molecule has 22 heavy (non-hydrogen) atoms. The van der Waals surface area contributed by atoms with Gasteiger partial charge in [-0.15, -0.1) is 0 Å². The molecule has 5 nitrogen and oxygen atoms in total. The zero-order valence-electron chi connectivity index (χ0n) is 12.8. The van der Waals surface area contributed by atoms with Gasteiger partial charge in [0.2, 0.25) is 5.95 Å². The zero-order valence-corrected chi connectivity index (χ0v) is 13.5. The second-order valence-corrected chi connectivity index (χ2v) is 5.44. The highest BCUT2D eigenvalue weighted by atomic mass is 35.5. The predicted molar refractivity (Wildman–Crippen MR) is 86.8 cm³/mol. The second kappa shape index (κ2) is 7.22. The van der Waals surface area contributed by atoms with Crippen molar-refractivity contribution in [3.8, 4) is 0 Å². The highest BCUT2D eigenvalue weighted by molar-refractivity contribution is 6.30. The number of rotatable bonds is 5. The normalized spacial score (nSPS) is 10.6. The Morgan fingerprint density at radius 3 is 2.82 bits per heavy atom. The largest absolute Gasteiger partial charge is 0.462 e. The van der Waals surface area contributed by atoms with E-state index >= 15 is 0 Å². The lowest BCUT2D eigenvalue weighted by Crippen LogP contribution is -2.13. The molecule has 2 aromatic rings. The van der Waals surface area contributed by atoms with E-state index < -0.39 is 5.97 Å². The fourth-order valence-corrected chi connectivity index (χ4v) is 2.15. The van der Waals surface area contributed by atoms with Crippen LogP contribution in [-0.2, 0) is 4.74 Å². The summed E-state index contributed by atoms with van der Waals surface area (Å²) in [6.45, 7) is 6.02. The highest BCUT2D eigenvalue weighted by Crippen LogP contribution is 2.22. The van der Waals surface area contributed by atoms with E-state index in [0.717, 1.165) is 5.69 Å². The molecule has 0 aliphatic carbocycles. The molecule has 2 rings (SSSR count). The minimum Gasteiger partial charge on any atom is -0.462 e. The van der Waals surface area contributed by atoms with Crippen LogP contribution in [0.3, 0.4) is 0 Å². The smallest absolute Gasteiger partial charge is 0.341 e. The highest BCUT2D eigenvalue weighted by Gasteiger charge is 2.18. The molecule has 0 radical (unpaired) electrons. The first kappa shape index (κ1) is 16.2. The van der Waals surface area contributed by atoms with E-state index in [2.05, 4.69) is 15.3 Å². The second-order valence-electron chi connectivity index (χ2n) is 5.00. The van der Waals surface area contributed by atoms with Crippen LogP contribution in [0.4, 0.5) is 11.6 Å². The standard InChI is InChI=1S/C16H18ClN3O2/c1-4-22-15(21)13-9-18-16(20-14(13)10(2)3)19-12-7-5-6-11(17)8-12/h5-10H,4H2,1-3H3,(H,18,19,20). The number of hydrogen-bond donors (Lipinski definition) is 1. The summed E-state index contributed by atoms with van der Waals surface area (Å²) < 4.78 is 5.04. The first-order chi connectivity index (χ1) is 10.5. The van der Waals surface area contributed by atoms with Crippen LogP contribution < -0.4 is 5.32 Å².